The van der Waals surface area contributed by atoms with Gasteiger partial charge in [0.05, 0.1) is 13.7 Å². The van der Waals surface area contributed by atoms with Crippen molar-refractivity contribution in [3.05, 3.63) is 23.8 Å². The number of rotatable bonds is 8. The van der Waals surface area contributed by atoms with E-state index in [0.717, 1.165) is 36.4 Å². The third-order valence-electron chi connectivity index (χ3n) is 3.17. The minimum absolute atomic E-state index is 0.228. The summed E-state index contributed by atoms with van der Waals surface area (Å²) in [5.74, 6) is 1.91. The van der Waals surface area contributed by atoms with Crippen LogP contribution in [0, 0.1) is 5.92 Å². The average Bonchev–Trinajstić information content (AvgIpc) is 3.22. The van der Waals surface area contributed by atoms with Crippen LogP contribution in [0.1, 0.15) is 18.9 Å². The number of carbonyl (C=O) groups excluding carboxylic acids is 1. The number of epoxide rings is 1. The quantitative estimate of drug-likeness (QED) is 0.533. The number of benzene rings is 1. The van der Waals surface area contributed by atoms with Gasteiger partial charge in [-0.15, -0.1) is 0 Å². The molecule has 1 heterocycles. The molecule has 2 rings (SSSR count). The van der Waals surface area contributed by atoms with Crippen LogP contribution in [0.2, 0.25) is 0 Å². The molecule has 1 aliphatic rings. The van der Waals surface area contributed by atoms with E-state index in [1.54, 1.807) is 7.11 Å². The Morgan fingerprint density at radius 1 is 1.53 bits per heavy atom. The third-order valence-corrected chi connectivity index (χ3v) is 3.17. The number of hydrogen-bond donors (Lipinski definition) is 0. The zero-order valence-electron chi connectivity index (χ0n) is 11.4. The zero-order chi connectivity index (χ0) is 13.7. The van der Waals surface area contributed by atoms with Crippen LogP contribution in [0.5, 0.6) is 11.5 Å². The molecule has 19 heavy (non-hydrogen) atoms. The summed E-state index contributed by atoms with van der Waals surface area (Å²) in [5.41, 5.74) is 1.11. The summed E-state index contributed by atoms with van der Waals surface area (Å²) in [6, 6.07) is 5.82. The van der Waals surface area contributed by atoms with E-state index in [4.69, 9.17) is 14.2 Å². The summed E-state index contributed by atoms with van der Waals surface area (Å²) >= 11 is 0. The molecule has 104 valence electrons. The largest absolute Gasteiger partial charge is 0.497 e. The van der Waals surface area contributed by atoms with Crippen molar-refractivity contribution in [3.8, 4) is 11.5 Å². The molecule has 0 amide bonds. The summed E-state index contributed by atoms with van der Waals surface area (Å²) in [6.45, 7) is 3.41. The van der Waals surface area contributed by atoms with E-state index in [-0.39, 0.29) is 6.10 Å². The highest BCUT2D eigenvalue weighted by Crippen LogP contribution is 2.28. The van der Waals surface area contributed by atoms with Gasteiger partial charge in [-0.25, -0.2) is 0 Å². The van der Waals surface area contributed by atoms with Gasteiger partial charge in [-0.3, -0.25) is 0 Å². The summed E-state index contributed by atoms with van der Waals surface area (Å²) in [5, 5.41) is 0. The van der Waals surface area contributed by atoms with Gasteiger partial charge in [-0.2, -0.15) is 0 Å². The normalized spacial score (nSPS) is 18.7. The first kappa shape index (κ1) is 13.9. The molecule has 0 radical (unpaired) electrons. The van der Waals surface area contributed by atoms with Crippen LogP contribution >= 0.6 is 0 Å². The van der Waals surface area contributed by atoms with Crippen molar-refractivity contribution in [1.29, 1.82) is 0 Å². The lowest BCUT2D eigenvalue weighted by Crippen LogP contribution is -2.08. The van der Waals surface area contributed by atoms with E-state index < -0.39 is 0 Å². The lowest BCUT2D eigenvalue weighted by molar-refractivity contribution is -0.108. The Balaban J connectivity index is 2.06. The topological polar surface area (TPSA) is 48.1 Å². The molecule has 2 atom stereocenters. The van der Waals surface area contributed by atoms with Crippen molar-refractivity contribution in [2.75, 3.05) is 20.3 Å². The third kappa shape index (κ3) is 4.24. The fourth-order valence-corrected chi connectivity index (χ4v) is 1.93. The van der Waals surface area contributed by atoms with Crippen molar-refractivity contribution in [1.82, 2.24) is 0 Å². The maximum Gasteiger partial charge on any atom is 0.126 e. The van der Waals surface area contributed by atoms with Gasteiger partial charge in [-0.1, -0.05) is 13.0 Å². The van der Waals surface area contributed by atoms with Crippen molar-refractivity contribution in [2.24, 2.45) is 5.92 Å². The summed E-state index contributed by atoms with van der Waals surface area (Å²) in [6.07, 6.45) is 2.58. The summed E-state index contributed by atoms with van der Waals surface area (Å²) in [7, 11) is 1.64. The summed E-state index contributed by atoms with van der Waals surface area (Å²) in [4.78, 5) is 10.5. The lowest BCUT2D eigenvalue weighted by atomic mass is 9.98. The highest BCUT2D eigenvalue weighted by Gasteiger charge is 2.23. The first-order valence-corrected chi connectivity index (χ1v) is 6.58. The number of carbonyl (C=O) groups is 1. The second kappa shape index (κ2) is 6.57. The fourth-order valence-electron chi connectivity index (χ4n) is 1.93. The molecule has 0 saturated carbocycles. The molecule has 1 fully saturated rings. The molecule has 4 heteroatoms. The minimum Gasteiger partial charge on any atom is -0.497 e. The van der Waals surface area contributed by atoms with Gasteiger partial charge < -0.3 is 19.0 Å². The first-order valence-electron chi connectivity index (χ1n) is 6.58. The van der Waals surface area contributed by atoms with Crippen LogP contribution in [0.4, 0.5) is 0 Å². The SMILES string of the molecule is COc1ccc(C[C@H](C)CC=O)c(OCC2CO2)c1. The minimum atomic E-state index is 0.228. The van der Waals surface area contributed by atoms with Crippen LogP contribution < -0.4 is 9.47 Å². The van der Waals surface area contributed by atoms with Gasteiger partial charge in [0.25, 0.3) is 0 Å². The Morgan fingerprint density at radius 2 is 2.32 bits per heavy atom. The molecule has 1 aliphatic heterocycles. The van der Waals surface area contributed by atoms with E-state index in [9.17, 15) is 4.79 Å². The fraction of sp³-hybridized carbons (Fsp3) is 0.533. The zero-order valence-corrected chi connectivity index (χ0v) is 11.4. The molecule has 1 unspecified atom stereocenters. The Bertz CT molecular complexity index is 426. The van der Waals surface area contributed by atoms with Crippen molar-refractivity contribution >= 4 is 6.29 Å². The summed E-state index contributed by atoms with van der Waals surface area (Å²) < 4.78 is 16.2. The first-order chi connectivity index (χ1) is 9.22. The van der Waals surface area contributed by atoms with Crippen molar-refractivity contribution in [3.63, 3.8) is 0 Å². The lowest BCUT2D eigenvalue weighted by Gasteiger charge is -2.14. The monoisotopic (exact) mass is 264 g/mol. The van der Waals surface area contributed by atoms with Crippen molar-refractivity contribution in [2.45, 2.75) is 25.9 Å². The number of ether oxygens (including phenoxy) is 3. The van der Waals surface area contributed by atoms with Crippen LogP contribution in [0.15, 0.2) is 18.2 Å². The van der Waals surface area contributed by atoms with Gasteiger partial charge in [-0.05, 0) is 24.0 Å². The molecule has 0 bridgehead atoms. The van der Waals surface area contributed by atoms with Gasteiger partial charge in [0.1, 0.15) is 30.5 Å². The van der Waals surface area contributed by atoms with Crippen LogP contribution in [0.3, 0.4) is 0 Å². The Hall–Kier alpha value is -1.55. The highest BCUT2D eigenvalue weighted by atomic mass is 16.6. The second-order valence-electron chi connectivity index (χ2n) is 4.95. The van der Waals surface area contributed by atoms with Gasteiger partial charge in [0, 0.05) is 12.5 Å². The number of methoxy groups -OCH3 is 1. The smallest absolute Gasteiger partial charge is 0.126 e. The molecule has 1 aromatic carbocycles. The Kier molecular flexibility index (Phi) is 4.80. The van der Waals surface area contributed by atoms with Gasteiger partial charge >= 0.3 is 0 Å². The molecule has 1 saturated heterocycles. The predicted octanol–water partition coefficient (Wildman–Crippen LogP) is 2.24. The Morgan fingerprint density at radius 3 is 2.95 bits per heavy atom. The van der Waals surface area contributed by atoms with E-state index in [1.165, 1.54) is 0 Å². The van der Waals surface area contributed by atoms with Crippen molar-refractivity contribution < 1.29 is 19.0 Å². The standard InChI is InChI=1S/C15H20O4/c1-11(5-6-16)7-12-3-4-13(17-2)8-15(12)19-10-14-9-18-14/h3-4,6,8,11,14H,5,7,9-10H2,1-2H3/t11-,14?/m1/s1. The van der Waals surface area contributed by atoms with E-state index in [1.807, 2.05) is 18.2 Å². The highest BCUT2D eigenvalue weighted by molar-refractivity contribution is 5.50. The number of aldehydes is 1. The van der Waals surface area contributed by atoms with Crippen LogP contribution in [-0.4, -0.2) is 32.7 Å². The molecular formula is C15H20O4. The Labute approximate surface area is 113 Å². The molecule has 0 N–H and O–H groups in total. The van der Waals surface area contributed by atoms with E-state index in [2.05, 4.69) is 6.92 Å². The maximum absolute atomic E-state index is 10.5. The van der Waals surface area contributed by atoms with Crippen LogP contribution in [-0.2, 0) is 16.0 Å². The molecule has 4 nitrogen and oxygen atoms in total. The molecule has 0 aromatic heterocycles. The molecule has 1 aromatic rings. The molecular weight excluding hydrogens is 244 g/mol. The van der Waals surface area contributed by atoms with E-state index in [0.29, 0.717) is 18.9 Å². The van der Waals surface area contributed by atoms with Gasteiger partial charge in [0.2, 0.25) is 0 Å². The van der Waals surface area contributed by atoms with Gasteiger partial charge in [0.15, 0.2) is 0 Å². The van der Waals surface area contributed by atoms with Crippen LogP contribution in [0.25, 0.3) is 0 Å². The average molecular weight is 264 g/mol. The predicted molar refractivity (Wildman–Crippen MR) is 71.8 cm³/mol. The molecule has 0 aliphatic carbocycles. The van der Waals surface area contributed by atoms with E-state index >= 15 is 0 Å². The maximum atomic E-state index is 10.5. The number of hydrogen-bond acceptors (Lipinski definition) is 4. The second-order valence-corrected chi connectivity index (χ2v) is 4.95. The molecule has 0 spiro atoms.